The van der Waals surface area contributed by atoms with E-state index in [0.717, 1.165) is 45.5 Å². The summed E-state index contributed by atoms with van der Waals surface area (Å²) in [5, 5.41) is 3.07. The highest BCUT2D eigenvalue weighted by atomic mass is 16.5. The number of nitrogens with zero attached hydrogens (tertiary/aromatic N) is 1. The second-order valence-corrected chi connectivity index (χ2v) is 6.29. The maximum atomic E-state index is 12.3. The molecule has 4 atom stereocenters. The Labute approximate surface area is 122 Å². The standard InChI is InChI=1S/C15H29N3O2/c1-3-18-6-7-20-13(10-18)9-17-15(19)14-8-12(16)5-4-11(14)2/h11-14H,3-10,16H2,1-2H3,(H,17,19). The van der Waals surface area contributed by atoms with Crippen molar-refractivity contribution in [2.75, 3.05) is 32.8 Å². The SMILES string of the molecule is CCN1CCOC(CNC(=O)C2CC(N)CCC2C)C1. The quantitative estimate of drug-likeness (QED) is 0.792. The summed E-state index contributed by atoms with van der Waals surface area (Å²) in [5.41, 5.74) is 5.99. The zero-order valence-electron chi connectivity index (χ0n) is 12.8. The van der Waals surface area contributed by atoms with Crippen molar-refractivity contribution in [2.24, 2.45) is 17.6 Å². The summed E-state index contributed by atoms with van der Waals surface area (Å²) in [5.74, 6) is 0.670. The molecule has 116 valence electrons. The molecule has 0 bridgehead atoms. The molecule has 4 unspecified atom stereocenters. The van der Waals surface area contributed by atoms with Gasteiger partial charge in [-0.1, -0.05) is 13.8 Å². The van der Waals surface area contributed by atoms with Crippen molar-refractivity contribution in [1.29, 1.82) is 0 Å². The van der Waals surface area contributed by atoms with Gasteiger partial charge in [0, 0.05) is 31.6 Å². The number of amides is 1. The van der Waals surface area contributed by atoms with Crippen LogP contribution in [0, 0.1) is 11.8 Å². The molecule has 2 fully saturated rings. The monoisotopic (exact) mass is 283 g/mol. The van der Waals surface area contributed by atoms with Crippen molar-refractivity contribution < 1.29 is 9.53 Å². The maximum Gasteiger partial charge on any atom is 0.223 e. The Morgan fingerprint density at radius 1 is 1.45 bits per heavy atom. The third kappa shape index (κ3) is 4.17. The summed E-state index contributed by atoms with van der Waals surface area (Å²) < 4.78 is 5.71. The Morgan fingerprint density at radius 3 is 3.00 bits per heavy atom. The first kappa shape index (κ1) is 15.7. The average molecular weight is 283 g/mol. The summed E-state index contributed by atoms with van der Waals surface area (Å²) in [4.78, 5) is 14.7. The Balaban J connectivity index is 1.76. The molecule has 1 saturated heterocycles. The highest BCUT2D eigenvalue weighted by Crippen LogP contribution is 2.29. The number of hydrogen-bond donors (Lipinski definition) is 2. The number of nitrogens with one attached hydrogen (secondary N) is 1. The van der Waals surface area contributed by atoms with Crippen LogP contribution in [-0.2, 0) is 9.53 Å². The third-order valence-electron chi connectivity index (χ3n) is 4.75. The van der Waals surface area contributed by atoms with E-state index >= 15 is 0 Å². The molecular formula is C15H29N3O2. The fourth-order valence-electron chi connectivity index (χ4n) is 3.26. The number of morpholine rings is 1. The first-order valence-electron chi connectivity index (χ1n) is 7.97. The van der Waals surface area contributed by atoms with Crippen molar-refractivity contribution in [2.45, 2.75) is 45.3 Å². The van der Waals surface area contributed by atoms with Gasteiger partial charge in [0.25, 0.3) is 0 Å². The molecular weight excluding hydrogens is 254 g/mol. The number of likely N-dealkylation sites (N-methyl/N-ethyl adjacent to an activating group) is 1. The molecule has 3 N–H and O–H groups in total. The topological polar surface area (TPSA) is 67.6 Å². The first-order chi connectivity index (χ1) is 9.60. The van der Waals surface area contributed by atoms with Gasteiger partial charge in [0.15, 0.2) is 0 Å². The fourth-order valence-corrected chi connectivity index (χ4v) is 3.26. The van der Waals surface area contributed by atoms with Crippen LogP contribution in [0.4, 0.5) is 0 Å². The van der Waals surface area contributed by atoms with E-state index in [0.29, 0.717) is 12.5 Å². The van der Waals surface area contributed by atoms with E-state index in [1.807, 2.05) is 0 Å². The summed E-state index contributed by atoms with van der Waals surface area (Å²) in [6.07, 6.45) is 3.05. The number of carbonyl (C=O) groups excluding carboxylic acids is 1. The van der Waals surface area contributed by atoms with E-state index < -0.39 is 0 Å². The van der Waals surface area contributed by atoms with Crippen LogP contribution in [-0.4, -0.2) is 55.7 Å². The second-order valence-electron chi connectivity index (χ2n) is 6.29. The maximum absolute atomic E-state index is 12.3. The van der Waals surface area contributed by atoms with Gasteiger partial charge in [0.05, 0.1) is 12.7 Å². The second kappa shape index (κ2) is 7.38. The summed E-state index contributed by atoms with van der Waals surface area (Å²) >= 11 is 0. The lowest BCUT2D eigenvalue weighted by Gasteiger charge is -2.34. The van der Waals surface area contributed by atoms with Crippen molar-refractivity contribution in [3.8, 4) is 0 Å². The van der Waals surface area contributed by atoms with Gasteiger partial charge in [-0.3, -0.25) is 9.69 Å². The van der Waals surface area contributed by atoms with E-state index in [-0.39, 0.29) is 24.0 Å². The fraction of sp³-hybridized carbons (Fsp3) is 0.933. The molecule has 1 heterocycles. The first-order valence-corrected chi connectivity index (χ1v) is 7.97. The van der Waals surface area contributed by atoms with Crippen molar-refractivity contribution in [1.82, 2.24) is 10.2 Å². The molecule has 1 saturated carbocycles. The van der Waals surface area contributed by atoms with Gasteiger partial charge >= 0.3 is 0 Å². The highest BCUT2D eigenvalue weighted by molar-refractivity contribution is 5.79. The number of carbonyl (C=O) groups is 1. The molecule has 2 aliphatic rings. The lowest BCUT2D eigenvalue weighted by molar-refractivity contribution is -0.128. The third-order valence-corrected chi connectivity index (χ3v) is 4.75. The molecule has 20 heavy (non-hydrogen) atoms. The highest BCUT2D eigenvalue weighted by Gasteiger charge is 2.31. The molecule has 5 heteroatoms. The predicted molar refractivity (Wildman–Crippen MR) is 79.3 cm³/mol. The van der Waals surface area contributed by atoms with Crippen LogP contribution in [0.3, 0.4) is 0 Å². The van der Waals surface area contributed by atoms with E-state index in [4.69, 9.17) is 10.5 Å². The van der Waals surface area contributed by atoms with Gasteiger partial charge in [-0.05, 0) is 31.7 Å². The largest absolute Gasteiger partial charge is 0.374 e. The van der Waals surface area contributed by atoms with E-state index in [2.05, 4.69) is 24.1 Å². The van der Waals surface area contributed by atoms with Gasteiger partial charge in [-0.15, -0.1) is 0 Å². The minimum absolute atomic E-state index is 0.0737. The van der Waals surface area contributed by atoms with Crippen LogP contribution in [0.15, 0.2) is 0 Å². The number of hydrogen-bond acceptors (Lipinski definition) is 4. The van der Waals surface area contributed by atoms with Gasteiger partial charge in [-0.2, -0.15) is 0 Å². The minimum atomic E-state index is 0.0737. The summed E-state index contributed by atoms with van der Waals surface area (Å²) in [6, 6.07) is 0.184. The van der Waals surface area contributed by atoms with E-state index in [9.17, 15) is 4.79 Å². The zero-order valence-corrected chi connectivity index (χ0v) is 12.8. The van der Waals surface area contributed by atoms with Gasteiger partial charge < -0.3 is 15.8 Å². The average Bonchev–Trinajstić information content (AvgIpc) is 2.47. The minimum Gasteiger partial charge on any atom is -0.374 e. The van der Waals surface area contributed by atoms with Crippen molar-refractivity contribution >= 4 is 5.91 Å². The van der Waals surface area contributed by atoms with Crippen LogP contribution in [0.5, 0.6) is 0 Å². The summed E-state index contributed by atoms with van der Waals surface area (Å²) in [7, 11) is 0. The summed E-state index contributed by atoms with van der Waals surface area (Å²) in [6.45, 7) is 8.65. The Hall–Kier alpha value is -0.650. The predicted octanol–water partition coefficient (Wildman–Crippen LogP) is 0.587. The molecule has 0 aromatic carbocycles. The van der Waals surface area contributed by atoms with Crippen molar-refractivity contribution in [3.05, 3.63) is 0 Å². The normalized spacial score (nSPS) is 35.8. The molecule has 0 spiro atoms. The van der Waals surface area contributed by atoms with Crippen molar-refractivity contribution in [3.63, 3.8) is 0 Å². The molecule has 2 rings (SSSR count). The van der Waals surface area contributed by atoms with Gasteiger partial charge in [0.1, 0.15) is 0 Å². The molecule has 1 aliphatic carbocycles. The number of nitrogens with two attached hydrogens (primary N) is 1. The molecule has 0 aromatic rings. The van der Waals surface area contributed by atoms with Crippen LogP contribution in [0.2, 0.25) is 0 Å². The van der Waals surface area contributed by atoms with Crippen LogP contribution >= 0.6 is 0 Å². The lowest BCUT2D eigenvalue weighted by atomic mass is 9.77. The smallest absolute Gasteiger partial charge is 0.223 e. The van der Waals surface area contributed by atoms with E-state index in [1.54, 1.807) is 0 Å². The molecule has 0 radical (unpaired) electrons. The molecule has 1 amide bonds. The molecule has 0 aromatic heterocycles. The van der Waals surface area contributed by atoms with Gasteiger partial charge in [0.2, 0.25) is 5.91 Å². The molecule has 1 aliphatic heterocycles. The lowest BCUT2D eigenvalue weighted by Crippen LogP contribution is -2.49. The Morgan fingerprint density at radius 2 is 2.25 bits per heavy atom. The Bertz CT molecular complexity index is 324. The van der Waals surface area contributed by atoms with Crippen LogP contribution in [0.1, 0.15) is 33.1 Å². The molecule has 5 nitrogen and oxygen atoms in total. The number of rotatable bonds is 4. The Kier molecular flexibility index (Phi) is 5.81. The van der Waals surface area contributed by atoms with Crippen LogP contribution in [0.25, 0.3) is 0 Å². The van der Waals surface area contributed by atoms with E-state index in [1.165, 1.54) is 0 Å². The number of ether oxygens (including phenoxy) is 1. The zero-order chi connectivity index (χ0) is 14.5. The van der Waals surface area contributed by atoms with Gasteiger partial charge in [-0.25, -0.2) is 0 Å². The van der Waals surface area contributed by atoms with Crippen LogP contribution < -0.4 is 11.1 Å².